The molecule has 0 bridgehead atoms. The highest BCUT2D eigenvalue weighted by Gasteiger charge is 2.16. The number of benzene rings is 2. The second-order valence-corrected chi connectivity index (χ2v) is 6.48. The van der Waals surface area contributed by atoms with Gasteiger partial charge < -0.3 is 15.5 Å². The normalized spacial score (nSPS) is 12.6. The Hall–Kier alpha value is -2.86. The Morgan fingerprint density at radius 3 is 2.46 bits per heavy atom. The van der Waals surface area contributed by atoms with Gasteiger partial charge in [-0.15, -0.1) is 10.2 Å². The predicted molar refractivity (Wildman–Crippen MR) is 103 cm³/mol. The summed E-state index contributed by atoms with van der Waals surface area (Å²) in [5, 5.41) is 10.1. The summed E-state index contributed by atoms with van der Waals surface area (Å²) in [5.41, 5.74) is 7.68. The molecule has 0 spiro atoms. The molecule has 1 aromatic heterocycles. The first-order chi connectivity index (χ1) is 12.4. The smallest absolute Gasteiger partial charge is 0.304 e. The van der Waals surface area contributed by atoms with Gasteiger partial charge in [0.2, 0.25) is 0 Å². The number of amides is 1. The van der Waals surface area contributed by atoms with Gasteiger partial charge in [0.1, 0.15) is 11.6 Å². The van der Waals surface area contributed by atoms with Crippen LogP contribution in [0.3, 0.4) is 0 Å². The molecule has 7 heteroatoms. The molecule has 0 fully saturated rings. The van der Waals surface area contributed by atoms with E-state index in [4.69, 9.17) is 22.1 Å². The van der Waals surface area contributed by atoms with Gasteiger partial charge in [-0.05, 0) is 44.0 Å². The van der Waals surface area contributed by atoms with Crippen molar-refractivity contribution in [2.75, 3.05) is 5.73 Å². The van der Waals surface area contributed by atoms with Crippen molar-refractivity contribution in [1.29, 1.82) is 0 Å². The van der Waals surface area contributed by atoms with E-state index in [-0.39, 0.29) is 0 Å². The van der Waals surface area contributed by atoms with Crippen LogP contribution in [0.4, 0.5) is 11.6 Å². The van der Waals surface area contributed by atoms with Gasteiger partial charge >= 0.3 is 5.91 Å². The van der Waals surface area contributed by atoms with Crippen LogP contribution in [0.1, 0.15) is 18.1 Å². The number of azo groups is 1. The van der Waals surface area contributed by atoms with E-state index < -0.39 is 12.0 Å². The van der Waals surface area contributed by atoms with Crippen LogP contribution in [0.25, 0.3) is 10.8 Å². The molecule has 2 aromatic carbocycles. The zero-order chi connectivity index (χ0) is 18.8. The number of aryl methyl sites for hydroxylation is 2. The van der Waals surface area contributed by atoms with Gasteiger partial charge in [-0.1, -0.05) is 35.9 Å². The van der Waals surface area contributed by atoms with E-state index in [1.165, 1.54) is 0 Å². The van der Waals surface area contributed by atoms with Crippen LogP contribution in [-0.4, -0.2) is 17.0 Å². The number of hydrogen-bond donors (Lipinski definition) is 2. The molecule has 26 heavy (non-hydrogen) atoms. The van der Waals surface area contributed by atoms with E-state index in [9.17, 15) is 4.79 Å². The number of hydrogen-bond acceptors (Lipinski definition) is 4. The number of aromatic nitrogens is 1. The highest BCUT2D eigenvalue weighted by Crippen LogP contribution is 2.30. The molecule has 0 aliphatic carbocycles. The molecule has 0 aliphatic rings. The minimum atomic E-state index is -0.780. The molecule has 0 saturated heterocycles. The highest BCUT2D eigenvalue weighted by molar-refractivity contribution is 6.32. The number of H-pyrrole nitrogens is 1. The van der Waals surface area contributed by atoms with Crippen molar-refractivity contribution in [3.8, 4) is 5.75 Å². The topological polar surface area (TPSA) is 92.8 Å². The zero-order valence-electron chi connectivity index (χ0n) is 14.7. The van der Waals surface area contributed by atoms with E-state index in [0.29, 0.717) is 22.4 Å². The van der Waals surface area contributed by atoms with Gasteiger partial charge in [0.25, 0.3) is 0 Å². The minimum absolute atomic E-state index is 0.442. The van der Waals surface area contributed by atoms with Gasteiger partial charge in [-0.2, -0.15) is 0 Å². The number of aromatic amines is 1. The van der Waals surface area contributed by atoms with Gasteiger partial charge in [0.05, 0.1) is 0 Å². The Balaban J connectivity index is 1.75. The molecule has 3 rings (SSSR count). The van der Waals surface area contributed by atoms with Gasteiger partial charge in [0, 0.05) is 15.8 Å². The molecule has 0 saturated carbocycles. The Labute approximate surface area is 156 Å². The summed E-state index contributed by atoms with van der Waals surface area (Å²) >= 11 is 6.15. The number of carbonyl (C=O) groups is 1. The number of halogens is 1. The number of nitrogens with two attached hydrogens (primary N) is 1. The monoisotopic (exact) mass is 370 g/mol. The van der Waals surface area contributed by atoms with Crippen molar-refractivity contribution in [3.05, 3.63) is 52.5 Å². The molecule has 0 unspecified atom stereocenters. The van der Waals surface area contributed by atoms with Crippen LogP contribution in [0.5, 0.6) is 5.75 Å². The molecule has 0 radical (unpaired) electrons. The maximum absolute atomic E-state index is 12.2. The number of rotatable bonds is 4. The van der Waals surface area contributed by atoms with E-state index in [2.05, 4.69) is 15.2 Å². The number of fused-ring (bicyclic) bond motifs is 1. The third-order valence-electron chi connectivity index (χ3n) is 4.04. The van der Waals surface area contributed by atoms with Crippen molar-refractivity contribution in [3.63, 3.8) is 0 Å². The minimum Gasteiger partial charge on any atom is -0.481 e. The average Bonchev–Trinajstić information content (AvgIpc) is 2.94. The van der Waals surface area contributed by atoms with Gasteiger partial charge in [-0.25, -0.2) is 0 Å². The molecule has 1 atom stereocenters. The van der Waals surface area contributed by atoms with Crippen LogP contribution in [-0.2, 0) is 4.79 Å². The quantitative estimate of drug-likeness (QED) is 0.626. The summed E-state index contributed by atoms with van der Waals surface area (Å²) in [5.74, 6) is 0.998. The van der Waals surface area contributed by atoms with Crippen molar-refractivity contribution < 1.29 is 9.53 Å². The Kier molecular flexibility index (Phi) is 4.95. The van der Waals surface area contributed by atoms with Crippen LogP contribution < -0.4 is 10.5 Å². The fraction of sp³-hybridized carbons (Fsp3) is 0.211. The van der Waals surface area contributed by atoms with E-state index >= 15 is 0 Å². The molecular weight excluding hydrogens is 352 g/mol. The number of nitrogens with one attached hydrogen (secondary N) is 1. The summed E-state index contributed by atoms with van der Waals surface area (Å²) < 4.78 is 5.68. The van der Waals surface area contributed by atoms with Gasteiger partial charge in [0.15, 0.2) is 11.9 Å². The number of nitrogen functional groups attached to an aromatic ring is 1. The number of ether oxygens (including phenoxy) is 1. The molecule has 6 nitrogen and oxygen atoms in total. The number of anilines is 1. The van der Waals surface area contributed by atoms with Crippen molar-refractivity contribution in [1.82, 2.24) is 4.98 Å². The van der Waals surface area contributed by atoms with Crippen molar-refractivity contribution in [2.45, 2.75) is 26.9 Å². The predicted octanol–water partition coefficient (Wildman–Crippen LogP) is 5.10. The van der Waals surface area contributed by atoms with E-state index in [1.807, 2.05) is 38.1 Å². The van der Waals surface area contributed by atoms with E-state index in [1.54, 1.807) is 19.1 Å². The molecular formula is C19H19ClN4O2. The number of nitrogens with zero attached hydrogens (tertiary/aromatic N) is 2. The zero-order valence-corrected chi connectivity index (χ0v) is 15.5. The van der Waals surface area contributed by atoms with Crippen LogP contribution in [0.2, 0.25) is 5.02 Å². The fourth-order valence-corrected chi connectivity index (χ4v) is 2.78. The SMILES string of the molecule is Cc1cc(O[C@H](C)C(=O)N=Nc2[nH]c(N)c3ccccc23)cc(C)c1Cl. The lowest BCUT2D eigenvalue weighted by atomic mass is 10.1. The van der Waals surface area contributed by atoms with Crippen molar-refractivity contribution >= 4 is 39.9 Å². The third kappa shape index (κ3) is 3.55. The summed E-state index contributed by atoms with van der Waals surface area (Å²) in [6, 6.07) is 11.1. The largest absolute Gasteiger partial charge is 0.481 e. The summed E-state index contributed by atoms with van der Waals surface area (Å²) in [6.45, 7) is 5.39. The first kappa shape index (κ1) is 17.9. The second kappa shape index (κ2) is 7.17. The summed E-state index contributed by atoms with van der Waals surface area (Å²) in [6.07, 6.45) is -0.780. The molecule has 3 N–H and O–H groups in total. The first-order valence-electron chi connectivity index (χ1n) is 8.12. The standard InChI is InChI=1S/C19H19ClN4O2/c1-10-8-13(9-11(2)16(10)20)26-12(3)19(25)24-23-18-15-7-5-4-6-14(15)17(21)22-18/h4-9,12,22H,21H2,1-3H3/t12-/m1/s1. The third-order valence-corrected chi connectivity index (χ3v) is 4.64. The Morgan fingerprint density at radius 2 is 1.81 bits per heavy atom. The lowest BCUT2D eigenvalue weighted by molar-refractivity contribution is -0.124. The maximum Gasteiger partial charge on any atom is 0.304 e. The average molecular weight is 371 g/mol. The van der Waals surface area contributed by atoms with Crippen molar-refractivity contribution in [2.24, 2.45) is 10.2 Å². The van der Waals surface area contributed by atoms with Gasteiger partial charge in [-0.3, -0.25) is 4.79 Å². The lowest BCUT2D eigenvalue weighted by Gasteiger charge is -2.13. The Bertz CT molecular complexity index is 987. The Morgan fingerprint density at radius 1 is 1.19 bits per heavy atom. The number of carbonyl (C=O) groups excluding carboxylic acids is 1. The molecule has 1 heterocycles. The summed E-state index contributed by atoms with van der Waals surface area (Å²) in [4.78, 5) is 15.2. The van der Waals surface area contributed by atoms with Crippen LogP contribution >= 0.6 is 11.6 Å². The second-order valence-electron chi connectivity index (χ2n) is 6.10. The molecule has 3 aromatic rings. The molecule has 1 amide bonds. The highest BCUT2D eigenvalue weighted by atomic mass is 35.5. The maximum atomic E-state index is 12.2. The molecule has 0 aliphatic heterocycles. The summed E-state index contributed by atoms with van der Waals surface area (Å²) in [7, 11) is 0. The van der Waals surface area contributed by atoms with Crippen LogP contribution in [0, 0.1) is 13.8 Å². The molecule has 134 valence electrons. The van der Waals surface area contributed by atoms with E-state index in [0.717, 1.165) is 21.9 Å². The lowest BCUT2D eigenvalue weighted by Crippen LogP contribution is -2.21. The fourth-order valence-electron chi connectivity index (χ4n) is 2.67. The first-order valence-corrected chi connectivity index (χ1v) is 8.49. The van der Waals surface area contributed by atoms with Crippen LogP contribution in [0.15, 0.2) is 46.6 Å².